The zero-order chi connectivity index (χ0) is 13.9. The van der Waals surface area contributed by atoms with E-state index >= 15 is 0 Å². The van der Waals surface area contributed by atoms with Gasteiger partial charge in [-0.2, -0.15) is 0 Å². The van der Waals surface area contributed by atoms with Crippen molar-refractivity contribution in [3.05, 3.63) is 57.9 Å². The third-order valence-electron chi connectivity index (χ3n) is 3.51. The molecule has 0 bridgehead atoms. The normalized spacial score (nSPS) is 12.9. The van der Waals surface area contributed by atoms with Crippen molar-refractivity contribution in [2.75, 3.05) is 6.54 Å². The fourth-order valence-corrected chi connectivity index (χ4v) is 3.32. The van der Waals surface area contributed by atoms with Crippen LogP contribution in [0, 0.1) is 0 Å². The van der Waals surface area contributed by atoms with Crippen molar-refractivity contribution in [1.29, 1.82) is 0 Å². The summed E-state index contributed by atoms with van der Waals surface area (Å²) >= 11 is 7.87. The summed E-state index contributed by atoms with van der Waals surface area (Å²) < 4.78 is 2.25. The Morgan fingerprint density at radius 2 is 2.20 bits per heavy atom. The Kier molecular flexibility index (Phi) is 4.10. The molecule has 1 N–H and O–H groups in total. The van der Waals surface area contributed by atoms with Crippen molar-refractivity contribution in [3.63, 3.8) is 0 Å². The molecule has 20 heavy (non-hydrogen) atoms. The molecule has 2 aromatic heterocycles. The number of nitrogens with zero attached hydrogens (tertiary/aromatic N) is 1. The molecule has 0 aliphatic carbocycles. The molecule has 0 aliphatic heterocycles. The number of hydrogen-bond donors (Lipinski definition) is 1. The van der Waals surface area contributed by atoms with E-state index in [1.54, 1.807) is 11.3 Å². The summed E-state index contributed by atoms with van der Waals surface area (Å²) in [5, 5.41) is 7.71. The fourth-order valence-electron chi connectivity index (χ4n) is 2.39. The first kappa shape index (κ1) is 13.7. The topological polar surface area (TPSA) is 17.0 Å². The Balaban J connectivity index is 1.64. The summed E-state index contributed by atoms with van der Waals surface area (Å²) in [7, 11) is 0. The molecule has 3 rings (SSSR count). The van der Waals surface area contributed by atoms with Crippen molar-refractivity contribution >= 4 is 33.8 Å². The van der Waals surface area contributed by atoms with E-state index < -0.39 is 0 Å². The summed E-state index contributed by atoms with van der Waals surface area (Å²) in [5.41, 5.74) is 1.20. The number of hydrogen-bond acceptors (Lipinski definition) is 2. The van der Waals surface area contributed by atoms with Gasteiger partial charge in [-0.05, 0) is 42.0 Å². The second-order valence-electron chi connectivity index (χ2n) is 4.90. The summed E-state index contributed by atoms with van der Waals surface area (Å²) in [4.78, 5) is 1.38. The van der Waals surface area contributed by atoms with Gasteiger partial charge in [-0.1, -0.05) is 23.7 Å². The van der Waals surface area contributed by atoms with Crippen molar-refractivity contribution in [1.82, 2.24) is 9.88 Å². The zero-order valence-electron chi connectivity index (χ0n) is 11.3. The molecule has 0 amide bonds. The number of nitrogens with one attached hydrogen (secondary N) is 1. The number of thiophene rings is 1. The molecule has 104 valence electrons. The number of fused-ring (bicyclic) bond motifs is 1. The summed E-state index contributed by atoms with van der Waals surface area (Å²) in [6.07, 6.45) is 2.12. The van der Waals surface area contributed by atoms with Crippen LogP contribution in [0.25, 0.3) is 10.9 Å². The lowest BCUT2D eigenvalue weighted by molar-refractivity contribution is 0.543. The van der Waals surface area contributed by atoms with Gasteiger partial charge in [-0.3, -0.25) is 0 Å². The molecule has 0 aliphatic rings. The lowest BCUT2D eigenvalue weighted by Crippen LogP contribution is -2.22. The van der Waals surface area contributed by atoms with E-state index in [2.05, 4.69) is 52.7 Å². The minimum absolute atomic E-state index is 0.403. The van der Waals surface area contributed by atoms with Crippen LogP contribution in [0.15, 0.2) is 48.0 Å². The minimum Gasteiger partial charge on any atom is -0.346 e. The van der Waals surface area contributed by atoms with Gasteiger partial charge in [-0.25, -0.2) is 0 Å². The molecular weight excluding hydrogens is 288 g/mol. The van der Waals surface area contributed by atoms with Gasteiger partial charge in [0.05, 0.1) is 0 Å². The van der Waals surface area contributed by atoms with E-state index in [-0.39, 0.29) is 0 Å². The molecule has 0 radical (unpaired) electrons. The first-order valence-electron chi connectivity index (χ1n) is 6.75. The maximum Gasteiger partial charge on any atom is 0.0495 e. The third kappa shape index (κ3) is 2.90. The number of halogens is 1. The molecule has 0 fully saturated rings. The van der Waals surface area contributed by atoms with Crippen LogP contribution in [-0.4, -0.2) is 11.1 Å². The Morgan fingerprint density at radius 3 is 3.00 bits per heavy atom. The number of rotatable bonds is 5. The monoisotopic (exact) mass is 304 g/mol. The van der Waals surface area contributed by atoms with E-state index in [0.29, 0.717) is 6.04 Å². The van der Waals surface area contributed by atoms with Crippen molar-refractivity contribution in [2.45, 2.75) is 19.5 Å². The highest BCUT2D eigenvalue weighted by Crippen LogP contribution is 2.21. The molecule has 3 aromatic rings. The number of aromatic nitrogens is 1. The minimum atomic E-state index is 0.403. The summed E-state index contributed by atoms with van der Waals surface area (Å²) in [6, 6.07) is 12.8. The van der Waals surface area contributed by atoms with Gasteiger partial charge in [-0.15, -0.1) is 11.3 Å². The van der Waals surface area contributed by atoms with E-state index in [1.165, 1.54) is 15.8 Å². The van der Waals surface area contributed by atoms with E-state index in [4.69, 9.17) is 11.6 Å². The quantitative estimate of drug-likeness (QED) is 0.722. The highest BCUT2D eigenvalue weighted by Gasteiger charge is 2.06. The molecule has 1 atom stereocenters. The van der Waals surface area contributed by atoms with Gasteiger partial charge in [0, 0.05) is 40.7 Å². The fraction of sp³-hybridized carbons (Fsp3) is 0.250. The SMILES string of the molecule is CC(NCCn1ccc2ccc(Cl)cc21)c1cccs1. The smallest absolute Gasteiger partial charge is 0.0495 e. The molecule has 1 aromatic carbocycles. The second-order valence-corrected chi connectivity index (χ2v) is 6.32. The van der Waals surface area contributed by atoms with E-state index in [0.717, 1.165) is 18.1 Å². The van der Waals surface area contributed by atoms with Gasteiger partial charge in [0.2, 0.25) is 0 Å². The molecule has 0 saturated carbocycles. The highest BCUT2D eigenvalue weighted by atomic mass is 35.5. The molecule has 4 heteroatoms. The third-order valence-corrected chi connectivity index (χ3v) is 4.80. The molecule has 1 unspecified atom stereocenters. The van der Waals surface area contributed by atoms with Crippen molar-refractivity contribution < 1.29 is 0 Å². The Bertz CT molecular complexity index is 688. The molecule has 0 saturated heterocycles. The first-order chi connectivity index (χ1) is 9.74. The van der Waals surface area contributed by atoms with Crippen molar-refractivity contribution in [2.24, 2.45) is 0 Å². The van der Waals surface area contributed by atoms with Gasteiger partial charge in [0.25, 0.3) is 0 Å². The van der Waals surface area contributed by atoms with Crippen LogP contribution in [0.1, 0.15) is 17.8 Å². The van der Waals surface area contributed by atoms with Crippen LogP contribution in [0.2, 0.25) is 5.02 Å². The van der Waals surface area contributed by atoms with Crippen LogP contribution in [-0.2, 0) is 6.54 Å². The van der Waals surface area contributed by atoms with E-state index in [9.17, 15) is 0 Å². The Hall–Kier alpha value is -1.29. The zero-order valence-corrected chi connectivity index (χ0v) is 12.9. The van der Waals surface area contributed by atoms with Crippen LogP contribution in [0.5, 0.6) is 0 Å². The predicted molar refractivity (Wildman–Crippen MR) is 87.7 cm³/mol. The highest BCUT2D eigenvalue weighted by molar-refractivity contribution is 7.10. The average Bonchev–Trinajstić information content (AvgIpc) is 3.08. The lowest BCUT2D eigenvalue weighted by atomic mass is 10.2. The largest absolute Gasteiger partial charge is 0.346 e. The van der Waals surface area contributed by atoms with Gasteiger partial charge in [0.1, 0.15) is 0 Å². The molecule has 2 nitrogen and oxygen atoms in total. The van der Waals surface area contributed by atoms with E-state index in [1.807, 2.05) is 12.1 Å². The molecule has 0 spiro atoms. The van der Waals surface area contributed by atoms with Crippen molar-refractivity contribution in [3.8, 4) is 0 Å². The Morgan fingerprint density at radius 1 is 1.30 bits per heavy atom. The van der Waals surface area contributed by atoms with Gasteiger partial charge < -0.3 is 9.88 Å². The van der Waals surface area contributed by atoms with Crippen LogP contribution >= 0.6 is 22.9 Å². The summed E-state index contributed by atoms with van der Waals surface area (Å²) in [6.45, 7) is 4.09. The number of benzene rings is 1. The standard InChI is InChI=1S/C16H17ClN2S/c1-12(16-3-2-10-20-16)18-7-9-19-8-6-13-4-5-14(17)11-15(13)19/h2-6,8,10-12,18H,7,9H2,1H3. The predicted octanol–water partition coefficient (Wildman–Crippen LogP) is 4.71. The second kappa shape index (κ2) is 6.00. The molecule has 2 heterocycles. The summed E-state index contributed by atoms with van der Waals surface area (Å²) in [5.74, 6) is 0. The van der Waals surface area contributed by atoms with Crippen LogP contribution in [0.4, 0.5) is 0 Å². The maximum absolute atomic E-state index is 6.07. The Labute approximate surface area is 128 Å². The lowest BCUT2D eigenvalue weighted by Gasteiger charge is -2.13. The average molecular weight is 305 g/mol. The maximum atomic E-state index is 6.07. The first-order valence-corrected chi connectivity index (χ1v) is 8.01. The molecular formula is C16H17ClN2S. The van der Waals surface area contributed by atoms with Crippen LogP contribution < -0.4 is 5.32 Å². The van der Waals surface area contributed by atoms with Gasteiger partial charge >= 0.3 is 0 Å². The van der Waals surface area contributed by atoms with Gasteiger partial charge in [0.15, 0.2) is 0 Å². The van der Waals surface area contributed by atoms with Crippen LogP contribution in [0.3, 0.4) is 0 Å².